The second-order valence-electron chi connectivity index (χ2n) is 4.23. The van der Waals surface area contributed by atoms with Crippen LogP contribution in [0.2, 0.25) is 5.02 Å². The maximum Gasteiger partial charge on any atom is 0.254 e. The van der Waals surface area contributed by atoms with E-state index in [2.05, 4.69) is 10.3 Å². The van der Waals surface area contributed by atoms with Gasteiger partial charge in [0.1, 0.15) is 5.60 Å². The van der Waals surface area contributed by atoms with Gasteiger partial charge in [-0.1, -0.05) is 11.6 Å². The lowest BCUT2D eigenvalue weighted by Gasteiger charge is -2.25. The van der Waals surface area contributed by atoms with E-state index in [9.17, 15) is 4.79 Å². The topological polar surface area (TPSA) is 60.5 Å². The molecule has 6 heteroatoms. The van der Waals surface area contributed by atoms with Crippen LogP contribution in [0.25, 0.3) is 0 Å². The van der Waals surface area contributed by atoms with Crippen molar-refractivity contribution in [2.24, 2.45) is 0 Å². The molecule has 0 radical (unpaired) electrons. The lowest BCUT2D eigenvalue weighted by molar-refractivity contribution is -0.0148. The molecule has 5 nitrogen and oxygen atoms in total. The van der Waals surface area contributed by atoms with Gasteiger partial charge in [0.15, 0.2) is 0 Å². The predicted octanol–water partition coefficient (Wildman–Crippen LogP) is 1.27. The Labute approximate surface area is 110 Å². The average molecular weight is 271 g/mol. The maximum absolute atomic E-state index is 11.9. The Kier molecular flexibility index (Phi) is 4.16. The Morgan fingerprint density at radius 3 is 3.17 bits per heavy atom. The first-order chi connectivity index (χ1) is 8.67. The van der Waals surface area contributed by atoms with Gasteiger partial charge >= 0.3 is 0 Å². The van der Waals surface area contributed by atoms with Crippen LogP contribution in [0.5, 0.6) is 0 Å². The number of methoxy groups -OCH3 is 1. The number of carbonyl (C=O) groups excluding carboxylic acids is 1. The van der Waals surface area contributed by atoms with Crippen molar-refractivity contribution in [3.63, 3.8) is 0 Å². The molecule has 1 N–H and O–H groups in total. The zero-order valence-electron chi connectivity index (χ0n) is 10.1. The number of hydrogen-bond acceptors (Lipinski definition) is 4. The Morgan fingerprint density at radius 1 is 1.72 bits per heavy atom. The minimum absolute atomic E-state index is 0.253. The summed E-state index contributed by atoms with van der Waals surface area (Å²) in [7, 11) is 1.62. The molecule has 2 rings (SSSR count). The smallest absolute Gasteiger partial charge is 0.254 e. The number of nitrogens with zero attached hydrogens (tertiary/aromatic N) is 1. The summed E-state index contributed by atoms with van der Waals surface area (Å²) in [4.78, 5) is 15.8. The van der Waals surface area contributed by atoms with E-state index in [1.807, 2.05) is 0 Å². The van der Waals surface area contributed by atoms with E-state index in [1.54, 1.807) is 19.4 Å². The summed E-state index contributed by atoms with van der Waals surface area (Å²) in [6.07, 6.45) is 3.76. The molecule has 1 amide bonds. The van der Waals surface area contributed by atoms with E-state index in [4.69, 9.17) is 21.1 Å². The molecule has 18 heavy (non-hydrogen) atoms. The second kappa shape index (κ2) is 5.65. The fourth-order valence-corrected chi connectivity index (χ4v) is 2.03. The van der Waals surface area contributed by atoms with Crippen LogP contribution in [0.4, 0.5) is 0 Å². The van der Waals surface area contributed by atoms with Gasteiger partial charge in [-0.2, -0.15) is 0 Å². The van der Waals surface area contributed by atoms with Crippen LogP contribution in [0.1, 0.15) is 16.8 Å². The van der Waals surface area contributed by atoms with E-state index in [0.717, 1.165) is 6.42 Å². The first kappa shape index (κ1) is 13.3. The largest absolute Gasteiger partial charge is 0.378 e. The molecular formula is C12H15ClN2O3. The first-order valence-corrected chi connectivity index (χ1v) is 6.05. The molecule has 0 spiro atoms. The molecular weight excluding hydrogens is 256 g/mol. The summed E-state index contributed by atoms with van der Waals surface area (Å²) >= 11 is 5.93. The number of hydrogen-bond donors (Lipinski definition) is 1. The summed E-state index contributed by atoms with van der Waals surface area (Å²) in [6.45, 7) is 1.54. The van der Waals surface area contributed by atoms with E-state index in [0.29, 0.717) is 30.3 Å². The van der Waals surface area contributed by atoms with Gasteiger partial charge in [-0.25, -0.2) is 0 Å². The Balaban J connectivity index is 1.98. The molecule has 1 aliphatic rings. The van der Waals surface area contributed by atoms with Crippen molar-refractivity contribution in [1.82, 2.24) is 10.3 Å². The quantitative estimate of drug-likeness (QED) is 0.895. The number of halogens is 1. The number of carbonyl (C=O) groups is 1. The second-order valence-corrected chi connectivity index (χ2v) is 4.64. The molecule has 0 saturated carbocycles. The minimum atomic E-state index is -0.426. The molecule has 0 aromatic carbocycles. The standard InChI is InChI=1S/C12H15ClN2O3/c1-17-12(3-5-18-8-12)7-15-11(16)9-6-14-4-2-10(9)13/h2,4,6H,3,5,7-8H2,1H3,(H,15,16). The van der Waals surface area contributed by atoms with Crippen LogP contribution in [-0.2, 0) is 9.47 Å². The number of nitrogens with one attached hydrogen (secondary N) is 1. The lowest BCUT2D eigenvalue weighted by atomic mass is 10.0. The van der Waals surface area contributed by atoms with Crippen molar-refractivity contribution in [3.8, 4) is 0 Å². The van der Waals surface area contributed by atoms with Crippen LogP contribution in [0, 0.1) is 0 Å². The normalized spacial score (nSPS) is 23.0. The summed E-state index contributed by atoms with van der Waals surface area (Å²) in [5.74, 6) is -0.253. The zero-order valence-corrected chi connectivity index (χ0v) is 10.9. The molecule has 1 aromatic rings. The molecule has 1 fully saturated rings. The molecule has 1 unspecified atom stereocenters. The van der Waals surface area contributed by atoms with Crippen molar-refractivity contribution >= 4 is 17.5 Å². The fourth-order valence-electron chi connectivity index (χ4n) is 1.84. The highest BCUT2D eigenvalue weighted by molar-refractivity contribution is 6.33. The van der Waals surface area contributed by atoms with Crippen LogP contribution in [-0.4, -0.2) is 43.4 Å². The monoisotopic (exact) mass is 270 g/mol. The van der Waals surface area contributed by atoms with Gasteiger partial charge < -0.3 is 14.8 Å². The van der Waals surface area contributed by atoms with Gasteiger partial charge in [-0.05, 0) is 6.07 Å². The van der Waals surface area contributed by atoms with Crippen molar-refractivity contribution in [3.05, 3.63) is 29.0 Å². The fraction of sp³-hybridized carbons (Fsp3) is 0.500. The van der Waals surface area contributed by atoms with Crippen molar-refractivity contribution in [1.29, 1.82) is 0 Å². The van der Waals surface area contributed by atoms with Crippen LogP contribution >= 0.6 is 11.6 Å². The van der Waals surface area contributed by atoms with Gasteiger partial charge in [0.05, 0.1) is 17.2 Å². The SMILES string of the molecule is COC1(CNC(=O)c2cnccc2Cl)CCOC1. The van der Waals surface area contributed by atoms with E-state index >= 15 is 0 Å². The van der Waals surface area contributed by atoms with E-state index in [1.165, 1.54) is 6.20 Å². The first-order valence-electron chi connectivity index (χ1n) is 5.67. The Hall–Kier alpha value is -1.17. The number of ether oxygens (including phenoxy) is 2. The third-order valence-corrected chi connectivity index (χ3v) is 3.41. The molecule has 1 saturated heterocycles. The third-order valence-electron chi connectivity index (χ3n) is 3.08. The molecule has 0 bridgehead atoms. The highest BCUT2D eigenvalue weighted by Gasteiger charge is 2.35. The molecule has 1 aliphatic heterocycles. The molecule has 98 valence electrons. The number of amides is 1. The molecule has 1 aromatic heterocycles. The Morgan fingerprint density at radius 2 is 2.56 bits per heavy atom. The highest BCUT2D eigenvalue weighted by atomic mass is 35.5. The molecule has 2 heterocycles. The van der Waals surface area contributed by atoms with E-state index < -0.39 is 5.60 Å². The molecule has 0 aliphatic carbocycles. The van der Waals surface area contributed by atoms with Crippen LogP contribution < -0.4 is 5.32 Å². The number of aromatic nitrogens is 1. The van der Waals surface area contributed by atoms with Crippen molar-refractivity contribution < 1.29 is 14.3 Å². The van der Waals surface area contributed by atoms with Crippen molar-refractivity contribution in [2.45, 2.75) is 12.0 Å². The van der Waals surface area contributed by atoms with Gasteiger partial charge in [0, 0.05) is 39.1 Å². The van der Waals surface area contributed by atoms with Gasteiger partial charge in [-0.3, -0.25) is 9.78 Å². The van der Waals surface area contributed by atoms with Gasteiger partial charge in [0.25, 0.3) is 5.91 Å². The Bertz CT molecular complexity index is 433. The zero-order chi connectivity index (χ0) is 13.0. The van der Waals surface area contributed by atoms with Gasteiger partial charge in [0.2, 0.25) is 0 Å². The van der Waals surface area contributed by atoms with Gasteiger partial charge in [-0.15, -0.1) is 0 Å². The molecule has 1 atom stereocenters. The average Bonchev–Trinajstić information content (AvgIpc) is 2.86. The predicted molar refractivity (Wildman–Crippen MR) is 66.8 cm³/mol. The summed E-state index contributed by atoms with van der Waals surface area (Å²) in [5, 5.41) is 3.19. The third kappa shape index (κ3) is 2.80. The van der Waals surface area contributed by atoms with E-state index in [-0.39, 0.29) is 5.91 Å². The number of pyridine rings is 1. The van der Waals surface area contributed by atoms with Crippen molar-refractivity contribution in [2.75, 3.05) is 26.9 Å². The maximum atomic E-state index is 11.9. The minimum Gasteiger partial charge on any atom is -0.378 e. The van der Waals surface area contributed by atoms with Crippen LogP contribution in [0.15, 0.2) is 18.5 Å². The summed E-state index contributed by atoms with van der Waals surface area (Å²) in [6, 6.07) is 1.58. The lowest BCUT2D eigenvalue weighted by Crippen LogP contribution is -2.45. The number of rotatable bonds is 4. The van der Waals surface area contributed by atoms with Crippen LogP contribution in [0.3, 0.4) is 0 Å². The summed E-state index contributed by atoms with van der Waals surface area (Å²) in [5.41, 5.74) is -0.0611. The summed E-state index contributed by atoms with van der Waals surface area (Å²) < 4.78 is 10.7. The highest BCUT2D eigenvalue weighted by Crippen LogP contribution is 2.22.